The Kier molecular flexibility index (Phi) is 3.45. The van der Waals surface area contributed by atoms with Crippen molar-refractivity contribution in [2.45, 2.75) is 20.4 Å². The molecular weight excluding hydrogens is 270 g/mol. The highest BCUT2D eigenvalue weighted by Gasteiger charge is 2.15. The maximum atomic E-state index is 13.4. The molecule has 21 heavy (non-hydrogen) atoms. The molecule has 2 nitrogen and oxygen atoms in total. The van der Waals surface area contributed by atoms with Crippen LogP contribution in [0.25, 0.3) is 17.3 Å². The number of nitrogens with zero attached hydrogens (tertiary/aromatic N) is 2. The van der Waals surface area contributed by atoms with Crippen molar-refractivity contribution >= 4 is 6.08 Å². The van der Waals surface area contributed by atoms with Crippen molar-refractivity contribution in [1.82, 2.24) is 9.88 Å². The topological polar surface area (TPSA) is 16.1 Å². The van der Waals surface area contributed by atoms with Gasteiger partial charge in [-0.25, -0.2) is 8.78 Å². The van der Waals surface area contributed by atoms with Crippen LogP contribution in [0.4, 0.5) is 8.78 Å². The first kappa shape index (κ1) is 13.7. The second kappa shape index (κ2) is 5.28. The van der Waals surface area contributed by atoms with E-state index in [2.05, 4.69) is 23.0 Å². The zero-order valence-electron chi connectivity index (χ0n) is 12.0. The summed E-state index contributed by atoms with van der Waals surface area (Å²) in [7, 11) is 0. The van der Waals surface area contributed by atoms with Crippen LogP contribution in [0.3, 0.4) is 0 Å². The lowest BCUT2D eigenvalue weighted by Crippen LogP contribution is -2.20. The van der Waals surface area contributed by atoms with Gasteiger partial charge in [-0.3, -0.25) is 4.98 Å². The van der Waals surface area contributed by atoms with Gasteiger partial charge in [0.2, 0.25) is 0 Å². The molecule has 2 aromatic rings. The van der Waals surface area contributed by atoms with Crippen LogP contribution in [0.2, 0.25) is 0 Å². The lowest BCUT2D eigenvalue weighted by molar-refractivity contribution is 0.385. The molecule has 2 heterocycles. The third kappa shape index (κ3) is 2.53. The Morgan fingerprint density at radius 3 is 2.71 bits per heavy atom. The minimum Gasteiger partial charge on any atom is -0.373 e. The Morgan fingerprint density at radius 2 is 2.00 bits per heavy atom. The number of fused-ring (bicyclic) bond motifs is 1. The first-order valence-electron chi connectivity index (χ1n) is 6.96. The van der Waals surface area contributed by atoms with Gasteiger partial charge in [-0.1, -0.05) is 0 Å². The first-order chi connectivity index (χ1) is 10.1. The summed E-state index contributed by atoms with van der Waals surface area (Å²) in [5, 5.41) is 0. The molecule has 1 aromatic carbocycles. The molecule has 4 heteroatoms. The monoisotopic (exact) mass is 286 g/mol. The summed E-state index contributed by atoms with van der Waals surface area (Å²) in [5.74, 6) is -1.69. The summed E-state index contributed by atoms with van der Waals surface area (Å²) in [6.45, 7) is 5.84. The van der Waals surface area contributed by atoms with Crippen LogP contribution in [0.5, 0.6) is 0 Å². The van der Waals surface area contributed by atoms with E-state index < -0.39 is 11.6 Å². The number of aromatic nitrogens is 1. The van der Waals surface area contributed by atoms with E-state index in [0.29, 0.717) is 11.3 Å². The maximum Gasteiger partial charge on any atom is 0.159 e. The second-order valence-electron chi connectivity index (χ2n) is 5.17. The van der Waals surface area contributed by atoms with Crippen LogP contribution in [0, 0.1) is 18.6 Å². The fourth-order valence-electron chi connectivity index (χ4n) is 2.54. The van der Waals surface area contributed by atoms with Crippen LogP contribution < -0.4 is 0 Å². The van der Waals surface area contributed by atoms with E-state index in [1.165, 1.54) is 11.6 Å². The van der Waals surface area contributed by atoms with Gasteiger partial charge < -0.3 is 4.90 Å². The maximum absolute atomic E-state index is 13.4. The summed E-state index contributed by atoms with van der Waals surface area (Å²) in [6, 6.07) is 5.81. The number of hydrogen-bond acceptors (Lipinski definition) is 2. The van der Waals surface area contributed by atoms with E-state index in [0.717, 1.165) is 30.4 Å². The highest BCUT2D eigenvalue weighted by molar-refractivity contribution is 5.67. The quantitative estimate of drug-likeness (QED) is 0.824. The van der Waals surface area contributed by atoms with Crippen LogP contribution in [-0.2, 0) is 6.54 Å². The van der Waals surface area contributed by atoms with Crippen molar-refractivity contribution in [3.63, 3.8) is 0 Å². The molecule has 0 amide bonds. The Morgan fingerprint density at radius 1 is 1.19 bits per heavy atom. The first-order valence-corrected chi connectivity index (χ1v) is 6.96. The molecule has 0 bridgehead atoms. The third-order valence-electron chi connectivity index (χ3n) is 3.81. The van der Waals surface area contributed by atoms with Gasteiger partial charge in [0.05, 0.1) is 5.69 Å². The zero-order valence-corrected chi connectivity index (χ0v) is 12.0. The van der Waals surface area contributed by atoms with E-state index in [-0.39, 0.29) is 0 Å². The van der Waals surface area contributed by atoms with Gasteiger partial charge >= 0.3 is 0 Å². The van der Waals surface area contributed by atoms with Gasteiger partial charge in [0, 0.05) is 24.3 Å². The molecule has 1 aliphatic heterocycles. The van der Waals surface area contributed by atoms with E-state index in [9.17, 15) is 8.78 Å². The number of hydrogen-bond donors (Lipinski definition) is 0. The number of pyridine rings is 1. The summed E-state index contributed by atoms with van der Waals surface area (Å²) in [5.41, 5.74) is 4.46. The van der Waals surface area contributed by atoms with Gasteiger partial charge in [0.15, 0.2) is 11.6 Å². The molecule has 0 N–H and O–H groups in total. The van der Waals surface area contributed by atoms with E-state index in [1.807, 2.05) is 19.1 Å². The molecule has 0 atom stereocenters. The van der Waals surface area contributed by atoms with Gasteiger partial charge in [0.25, 0.3) is 0 Å². The van der Waals surface area contributed by atoms with E-state index in [1.54, 1.807) is 6.07 Å². The fraction of sp³-hybridized carbons (Fsp3) is 0.235. The van der Waals surface area contributed by atoms with E-state index in [4.69, 9.17) is 0 Å². The van der Waals surface area contributed by atoms with Gasteiger partial charge in [-0.05, 0) is 61.5 Å². The van der Waals surface area contributed by atoms with Crippen molar-refractivity contribution in [3.05, 3.63) is 58.9 Å². The van der Waals surface area contributed by atoms with E-state index >= 15 is 0 Å². The SMILES string of the molecule is CCN1C=Cc2cc(-c3ccc(F)c(F)c3)nc(C)c2C1. The number of benzene rings is 1. The molecule has 0 saturated carbocycles. The number of rotatable bonds is 2. The van der Waals surface area contributed by atoms with Crippen molar-refractivity contribution in [2.75, 3.05) is 6.54 Å². The molecule has 0 saturated heterocycles. The van der Waals surface area contributed by atoms with Crippen molar-refractivity contribution in [1.29, 1.82) is 0 Å². The molecule has 0 aliphatic carbocycles. The van der Waals surface area contributed by atoms with Gasteiger partial charge in [0.1, 0.15) is 0 Å². The van der Waals surface area contributed by atoms with Crippen molar-refractivity contribution in [2.24, 2.45) is 0 Å². The molecule has 1 aliphatic rings. The Hall–Kier alpha value is -2.23. The molecule has 0 unspecified atom stereocenters. The largest absolute Gasteiger partial charge is 0.373 e. The molecule has 108 valence electrons. The van der Waals surface area contributed by atoms with Crippen LogP contribution >= 0.6 is 0 Å². The Balaban J connectivity index is 2.06. The standard InChI is InChI=1S/C17H16F2N2/c1-3-21-7-6-12-9-17(20-11(2)14(12)10-21)13-4-5-15(18)16(19)8-13/h4-9H,3,10H2,1-2H3. The summed E-state index contributed by atoms with van der Waals surface area (Å²) in [6.07, 6.45) is 4.09. The van der Waals surface area contributed by atoms with Crippen LogP contribution in [0.1, 0.15) is 23.7 Å². The minimum atomic E-state index is -0.850. The Labute approximate surface area is 122 Å². The molecule has 3 rings (SSSR count). The van der Waals surface area contributed by atoms with Crippen molar-refractivity contribution in [3.8, 4) is 11.3 Å². The predicted molar refractivity (Wildman–Crippen MR) is 79.4 cm³/mol. The average molecular weight is 286 g/mol. The fourth-order valence-corrected chi connectivity index (χ4v) is 2.54. The molecule has 0 spiro atoms. The molecule has 1 aromatic heterocycles. The molecule has 0 radical (unpaired) electrons. The number of aryl methyl sites for hydroxylation is 1. The smallest absolute Gasteiger partial charge is 0.159 e. The van der Waals surface area contributed by atoms with Crippen LogP contribution in [-0.4, -0.2) is 16.4 Å². The Bertz CT molecular complexity index is 723. The average Bonchev–Trinajstić information content (AvgIpc) is 2.49. The molecule has 0 fully saturated rings. The van der Waals surface area contributed by atoms with Gasteiger partial charge in [-0.2, -0.15) is 0 Å². The highest BCUT2D eigenvalue weighted by atomic mass is 19.2. The second-order valence-corrected chi connectivity index (χ2v) is 5.17. The molecular formula is C17H16F2N2. The lowest BCUT2D eigenvalue weighted by atomic mass is 10.00. The third-order valence-corrected chi connectivity index (χ3v) is 3.81. The summed E-state index contributed by atoms with van der Waals surface area (Å²) in [4.78, 5) is 6.75. The van der Waals surface area contributed by atoms with Gasteiger partial charge in [-0.15, -0.1) is 0 Å². The summed E-state index contributed by atoms with van der Waals surface area (Å²) < 4.78 is 26.4. The van der Waals surface area contributed by atoms with Crippen LogP contribution in [0.15, 0.2) is 30.5 Å². The van der Waals surface area contributed by atoms with Crippen molar-refractivity contribution < 1.29 is 8.78 Å². The summed E-state index contributed by atoms with van der Waals surface area (Å²) >= 11 is 0. The normalized spacial score (nSPS) is 13.4. The highest BCUT2D eigenvalue weighted by Crippen LogP contribution is 2.27. The lowest BCUT2D eigenvalue weighted by Gasteiger charge is -2.25. The number of halogens is 2. The zero-order chi connectivity index (χ0) is 15.0. The predicted octanol–water partition coefficient (Wildman–Crippen LogP) is 4.14. The minimum absolute atomic E-state index is 0.589.